The molecule has 0 radical (unpaired) electrons. The fraction of sp³-hybridized carbons (Fsp3) is 0.385. The Kier molecular flexibility index (Phi) is 5.74. The van der Waals surface area contributed by atoms with Crippen LogP contribution in [-0.2, 0) is 4.74 Å². The highest BCUT2D eigenvalue weighted by atomic mass is 32.1. The van der Waals surface area contributed by atoms with E-state index in [4.69, 9.17) is 22.7 Å². The largest absolute Gasteiger partial charge is 0.389 e. The molecule has 1 rings (SSSR count). The lowest BCUT2D eigenvalue weighted by Gasteiger charge is -2.20. The predicted octanol–water partition coefficient (Wildman–Crippen LogP) is 1.43. The van der Waals surface area contributed by atoms with Gasteiger partial charge in [0.2, 0.25) is 0 Å². The number of amides is 1. The molecule has 0 unspecified atom stereocenters. The summed E-state index contributed by atoms with van der Waals surface area (Å²) in [4.78, 5) is 14.2. The number of hydrogen-bond donors (Lipinski definition) is 1. The van der Waals surface area contributed by atoms with E-state index in [2.05, 4.69) is 0 Å². The van der Waals surface area contributed by atoms with Crippen LogP contribution in [0.3, 0.4) is 0 Å². The van der Waals surface area contributed by atoms with E-state index in [9.17, 15) is 4.79 Å². The molecule has 4 nitrogen and oxygen atoms in total. The topological polar surface area (TPSA) is 55.6 Å². The van der Waals surface area contributed by atoms with Crippen LogP contribution < -0.4 is 5.73 Å². The second-order valence-corrected chi connectivity index (χ2v) is 4.26. The number of nitrogens with two attached hydrogens (primary N) is 1. The van der Waals surface area contributed by atoms with Crippen LogP contribution >= 0.6 is 12.2 Å². The second-order valence-electron chi connectivity index (χ2n) is 3.82. The van der Waals surface area contributed by atoms with Crippen molar-refractivity contribution in [1.29, 1.82) is 0 Å². The molecule has 98 valence electrons. The van der Waals surface area contributed by atoms with Crippen LogP contribution in [0.4, 0.5) is 0 Å². The SMILES string of the molecule is CCN(CCOC)C(=O)c1ccc(C(N)=S)cc1. The van der Waals surface area contributed by atoms with E-state index in [0.29, 0.717) is 30.2 Å². The van der Waals surface area contributed by atoms with Crippen molar-refractivity contribution >= 4 is 23.1 Å². The minimum Gasteiger partial charge on any atom is -0.389 e. The van der Waals surface area contributed by atoms with Crippen molar-refractivity contribution < 1.29 is 9.53 Å². The molecular formula is C13H18N2O2S. The molecule has 0 saturated carbocycles. The maximum Gasteiger partial charge on any atom is 0.253 e. The Bertz CT molecular complexity index is 418. The summed E-state index contributed by atoms with van der Waals surface area (Å²) >= 11 is 4.87. The highest BCUT2D eigenvalue weighted by molar-refractivity contribution is 7.80. The van der Waals surface area contributed by atoms with E-state index in [-0.39, 0.29) is 5.91 Å². The molecule has 1 aromatic rings. The van der Waals surface area contributed by atoms with Gasteiger partial charge in [0.1, 0.15) is 4.99 Å². The molecule has 0 fully saturated rings. The van der Waals surface area contributed by atoms with Crippen LogP contribution in [0.2, 0.25) is 0 Å². The maximum atomic E-state index is 12.2. The van der Waals surface area contributed by atoms with E-state index in [1.54, 1.807) is 36.3 Å². The Morgan fingerprint density at radius 1 is 1.33 bits per heavy atom. The molecule has 1 aromatic carbocycles. The van der Waals surface area contributed by atoms with Crippen LogP contribution in [0.5, 0.6) is 0 Å². The van der Waals surface area contributed by atoms with Crippen molar-refractivity contribution in [2.24, 2.45) is 5.73 Å². The molecule has 5 heteroatoms. The van der Waals surface area contributed by atoms with Gasteiger partial charge in [0, 0.05) is 31.3 Å². The summed E-state index contributed by atoms with van der Waals surface area (Å²) in [6.07, 6.45) is 0. The first-order valence-electron chi connectivity index (χ1n) is 5.78. The van der Waals surface area contributed by atoms with Crippen LogP contribution in [-0.4, -0.2) is 42.6 Å². The van der Waals surface area contributed by atoms with Crippen LogP contribution in [0.1, 0.15) is 22.8 Å². The van der Waals surface area contributed by atoms with Crippen molar-refractivity contribution in [3.05, 3.63) is 35.4 Å². The quantitative estimate of drug-likeness (QED) is 0.791. The number of hydrogen-bond acceptors (Lipinski definition) is 3. The normalized spacial score (nSPS) is 10.1. The van der Waals surface area contributed by atoms with Gasteiger partial charge in [0.15, 0.2) is 0 Å². The fourth-order valence-corrected chi connectivity index (χ4v) is 1.70. The van der Waals surface area contributed by atoms with Gasteiger partial charge in [-0.2, -0.15) is 0 Å². The molecule has 0 spiro atoms. The van der Waals surface area contributed by atoms with Gasteiger partial charge >= 0.3 is 0 Å². The molecule has 2 N–H and O–H groups in total. The Morgan fingerprint density at radius 2 is 1.89 bits per heavy atom. The van der Waals surface area contributed by atoms with Crippen LogP contribution in [0.25, 0.3) is 0 Å². The summed E-state index contributed by atoms with van der Waals surface area (Å²) in [5.41, 5.74) is 6.91. The van der Waals surface area contributed by atoms with E-state index < -0.39 is 0 Å². The Morgan fingerprint density at radius 3 is 2.33 bits per heavy atom. The monoisotopic (exact) mass is 266 g/mol. The number of rotatable bonds is 6. The molecule has 0 heterocycles. The average molecular weight is 266 g/mol. The minimum atomic E-state index is -0.0101. The van der Waals surface area contributed by atoms with Gasteiger partial charge in [0.25, 0.3) is 5.91 Å². The molecule has 0 atom stereocenters. The van der Waals surface area contributed by atoms with Crippen molar-refractivity contribution in [1.82, 2.24) is 4.90 Å². The van der Waals surface area contributed by atoms with E-state index in [1.165, 1.54) is 0 Å². The summed E-state index contributed by atoms with van der Waals surface area (Å²) in [5.74, 6) is -0.0101. The molecule has 0 bridgehead atoms. The van der Waals surface area contributed by atoms with Gasteiger partial charge < -0.3 is 15.4 Å². The third kappa shape index (κ3) is 3.78. The molecule has 0 aliphatic rings. The molecule has 0 aliphatic heterocycles. The maximum absolute atomic E-state index is 12.2. The van der Waals surface area contributed by atoms with E-state index >= 15 is 0 Å². The fourth-order valence-electron chi connectivity index (χ4n) is 1.56. The number of ether oxygens (including phenoxy) is 1. The van der Waals surface area contributed by atoms with Crippen LogP contribution in [0, 0.1) is 0 Å². The second kappa shape index (κ2) is 7.08. The van der Waals surface area contributed by atoms with Gasteiger partial charge in [-0.1, -0.05) is 24.4 Å². The van der Waals surface area contributed by atoms with E-state index in [0.717, 1.165) is 5.56 Å². The highest BCUT2D eigenvalue weighted by Crippen LogP contribution is 2.08. The number of carbonyl (C=O) groups excluding carboxylic acids is 1. The summed E-state index contributed by atoms with van der Waals surface area (Å²) in [6.45, 7) is 3.71. The summed E-state index contributed by atoms with van der Waals surface area (Å²) in [7, 11) is 1.62. The Hall–Kier alpha value is -1.46. The summed E-state index contributed by atoms with van der Waals surface area (Å²) in [6, 6.07) is 7.01. The van der Waals surface area contributed by atoms with E-state index in [1.807, 2.05) is 6.92 Å². The zero-order valence-corrected chi connectivity index (χ0v) is 11.5. The van der Waals surface area contributed by atoms with Gasteiger partial charge in [-0.25, -0.2) is 0 Å². The molecule has 0 aliphatic carbocycles. The highest BCUT2D eigenvalue weighted by Gasteiger charge is 2.13. The standard InChI is InChI=1S/C13H18N2O2S/c1-3-15(8-9-17-2)13(16)11-6-4-10(5-7-11)12(14)18/h4-7H,3,8-9H2,1-2H3,(H2,14,18). The first kappa shape index (κ1) is 14.6. The first-order chi connectivity index (χ1) is 8.60. The lowest BCUT2D eigenvalue weighted by Crippen LogP contribution is -2.33. The van der Waals surface area contributed by atoms with Crippen molar-refractivity contribution in [2.45, 2.75) is 6.92 Å². The third-order valence-electron chi connectivity index (χ3n) is 2.65. The van der Waals surface area contributed by atoms with Gasteiger partial charge in [-0.15, -0.1) is 0 Å². The lowest BCUT2D eigenvalue weighted by atomic mass is 10.1. The number of benzene rings is 1. The van der Waals surface area contributed by atoms with Gasteiger partial charge in [-0.3, -0.25) is 4.79 Å². The van der Waals surface area contributed by atoms with Crippen LogP contribution in [0.15, 0.2) is 24.3 Å². The van der Waals surface area contributed by atoms with Gasteiger partial charge in [0.05, 0.1) is 6.61 Å². The van der Waals surface area contributed by atoms with Gasteiger partial charge in [-0.05, 0) is 19.1 Å². The number of likely N-dealkylation sites (N-methyl/N-ethyl adjacent to an activating group) is 1. The molecule has 0 saturated heterocycles. The molecule has 1 amide bonds. The molecule has 18 heavy (non-hydrogen) atoms. The first-order valence-corrected chi connectivity index (χ1v) is 6.19. The molecular weight excluding hydrogens is 248 g/mol. The summed E-state index contributed by atoms with van der Waals surface area (Å²) < 4.78 is 4.98. The summed E-state index contributed by atoms with van der Waals surface area (Å²) in [5, 5.41) is 0. The number of methoxy groups -OCH3 is 1. The number of nitrogens with zero attached hydrogens (tertiary/aromatic N) is 1. The number of thiocarbonyl (C=S) groups is 1. The smallest absolute Gasteiger partial charge is 0.253 e. The zero-order valence-electron chi connectivity index (χ0n) is 10.7. The zero-order chi connectivity index (χ0) is 13.5. The van der Waals surface area contributed by atoms with Crippen molar-refractivity contribution in [3.8, 4) is 0 Å². The number of carbonyl (C=O) groups is 1. The van der Waals surface area contributed by atoms with Crippen molar-refractivity contribution in [3.63, 3.8) is 0 Å². The Labute approximate surface area is 113 Å². The minimum absolute atomic E-state index is 0.0101. The van der Waals surface area contributed by atoms with Crippen molar-refractivity contribution in [2.75, 3.05) is 26.8 Å². The molecule has 0 aromatic heterocycles. The third-order valence-corrected chi connectivity index (χ3v) is 2.89. The predicted molar refractivity (Wildman–Crippen MR) is 75.8 cm³/mol. The Balaban J connectivity index is 2.78. The average Bonchev–Trinajstić information content (AvgIpc) is 2.39. The lowest BCUT2D eigenvalue weighted by molar-refractivity contribution is 0.0706.